The molecule has 4 N–H and O–H groups in total. The van der Waals surface area contributed by atoms with Gasteiger partial charge in [0.1, 0.15) is 6.54 Å². The summed E-state index contributed by atoms with van der Waals surface area (Å²) in [6.07, 6.45) is -7.81. The highest BCUT2D eigenvalue weighted by molar-refractivity contribution is 7.89. The van der Waals surface area contributed by atoms with Gasteiger partial charge in [-0.05, 0) is 36.4 Å². The van der Waals surface area contributed by atoms with Crippen LogP contribution in [0.15, 0.2) is 53.3 Å². The number of sulfonamides is 1. The van der Waals surface area contributed by atoms with Crippen LogP contribution in [0.5, 0.6) is 0 Å². The fraction of sp³-hybridized carbons (Fsp3) is 0.273. The Kier molecular flexibility index (Phi) is 8.55. The lowest BCUT2D eigenvalue weighted by Crippen LogP contribution is -2.37. The molecule has 2 aromatic heterocycles. The van der Waals surface area contributed by atoms with Crippen LogP contribution < -0.4 is 16.1 Å². The van der Waals surface area contributed by atoms with E-state index in [-0.39, 0.29) is 34.7 Å². The third-order valence-corrected chi connectivity index (χ3v) is 6.80. The van der Waals surface area contributed by atoms with Crippen molar-refractivity contribution in [3.8, 4) is 17.1 Å². The van der Waals surface area contributed by atoms with Gasteiger partial charge >= 0.3 is 11.9 Å². The summed E-state index contributed by atoms with van der Waals surface area (Å²) in [6, 6.07) is 12.4. The molecule has 0 spiro atoms. The van der Waals surface area contributed by atoms with E-state index in [1.165, 1.54) is 28.9 Å². The van der Waals surface area contributed by atoms with E-state index < -0.39 is 46.8 Å². The fourth-order valence-corrected chi connectivity index (χ4v) is 4.29. The van der Waals surface area contributed by atoms with Crippen LogP contribution in [0.25, 0.3) is 17.1 Å². The van der Waals surface area contributed by atoms with Gasteiger partial charge in [-0.1, -0.05) is 35.3 Å². The maximum absolute atomic E-state index is 13.2. The van der Waals surface area contributed by atoms with E-state index in [0.29, 0.717) is 15.3 Å². The lowest BCUT2D eigenvalue weighted by molar-refractivity contribution is -0.207. The zero-order chi connectivity index (χ0) is 29.2. The number of hydrogen-bond donors (Lipinski definition) is 3. The number of benzene rings is 2. The molecule has 0 bridgehead atoms. The first kappa shape index (κ1) is 29.5. The van der Waals surface area contributed by atoms with Crippen LogP contribution >= 0.6 is 23.2 Å². The molecule has 18 heteroatoms. The lowest BCUT2D eigenvalue weighted by atomic mass is 10.2. The average molecular weight is 621 g/mol. The number of nitrogens with zero attached hydrogens (tertiary/aromatic N) is 6. The molecular weight excluding hydrogens is 600 g/mol. The van der Waals surface area contributed by atoms with E-state index in [4.69, 9.17) is 28.3 Å². The number of aliphatic hydroxyl groups is 1. The summed E-state index contributed by atoms with van der Waals surface area (Å²) in [5.41, 5.74) is -0.324. The minimum absolute atomic E-state index is 0.0104. The molecule has 0 radical (unpaired) electrons. The van der Waals surface area contributed by atoms with Gasteiger partial charge in [-0.15, -0.1) is 10.2 Å². The third-order valence-electron chi connectivity index (χ3n) is 5.45. The van der Waals surface area contributed by atoms with Crippen molar-refractivity contribution < 1.29 is 26.7 Å². The molecule has 4 rings (SSSR count). The van der Waals surface area contributed by atoms with Crippen LogP contribution in [0.3, 0.4) is 0 Å². The van der Waals surface area contributed by atoms with Crippen molar-refractivity contribution in [2.24, 2.45) is 5.14 Å². The van der Waals surface area contributed by atoms with Gasteiger partial charge in [0.2, 0.25) is 16.0 Å². The molecule has 40 heavy (non-hydrogen) atoms. The number of para-hydroxylation sites is 1. The highest BCUT2D eigenvalue weighted by Crippen LogP contribution is 2.25. The maximum atomic E-state index is 13.2. The van der Waals surface area contributed by atoms with Crippen molar-refractivity contribution in [2.75, 3.05) is 17.6 Å². The van der Waals surface area contributed by atoms with E-state index in [0.717, 1.165) is 4.68 Å². The van der Waals surface area contributed by atoms with E-state index in [1.807, 2.05) is 0 Å². The number of aliphatic hydroxyl groups excluding tert-OH is 1. The van der Waals surface area contributed by atoms with Gasteiger partial charge in [-0.25, -0.2) is 23.0 Å². The van der Waals surface area contributed by atoms with Crippen LogP contribution in [-0.2, 0) is 23.1 Å². The van der Waals surface area contributed by atoms with Crippen LogP contribution in [0, 0.1) is 0 Å². The molecule has 0 aliphatic carbocycles. The zero-order valence-electron chi connectivity index (χ0n) is 20.3. The largest absolute Gasteiger partial charge is 0.416 e. The van der Waals surface area contributed by atoms with E-state index in [2.05, 4.69) is 20.5 Å². The van der Waals surface area contributed by atoms with E-state index in [9.17, 15) is 31.5 Å². The first-order chi connectivity index (χ1) is 18.7. The molecule has 0 aliphatic rings. The maximum Gasteiger partial charge on any atom is 0.416 e. The molecule has 0 fully saturated rings. The Labute approximate surface area is 234 Å². The second-order valence-corrected chi connectivity index (χ2v) is 11.0. The number of aromatic nitrogens is 6. The molecular formula is C22H21Cl2F3N8O4S. The third kappa shape index (κ3) is 7.00. The Morgan fingerprint density at radius 3 is 2.38 bits per heavy atom. The second kappa shape index (κ2) is 11.6. The van der Waals surface area contributed by atoms with E-state index >= 15 is 0 Å². The van der Waals surface area contributed by atoms with Crippen molar-refractivity contribution in [2.45, 2.75) is 25.4 Å². The summed E-state index contributed by atoms with van der Waals surface area (Å²) in [7, 11) is -3.79. The molecule has 1 unspecified atom stereocenters. The van der Waals surface area contributed by atoms with Crippen LogP contribution in [0.1, 0.15) is 5.82 Å². The second-order valence-electron chi connectivity index (χ2n) is 8.45. The van der Waals surface area contributed by atoms with Gasteiger partial charge in [-0.3, -0.25) is 4.57 Å². The Balaban J connectivity index is 1.74. The molecule has 0 saturated carbocycles. The van der Waals surface area contributed by atoms with Gasteiger partial charge in [0, 0.05) is 17.1 Å². The van der Waals surface area contributed by atoms with Crippen molar-refractivity contribution >= 4 is 39.2 Å². The Morgan fingerprint density at radius 1 is 1.07 bits per heavy atom. The quantitative estimate of drug-likeness (QED) is 0.243. The van der Waals surface area contributed by atoms with Gasteiger partial charge in [0.15, 0.2) is 17.8 Å². The summed E-state index contributed by atoms with van der Waals surface area (Å²) in [5.74, 6) is -0.524. The zero-order valence-corrected chi connectivity index (χ0v) is 22.6. The molecule has 0 aliphatic heterocycles. The molecule has 12 nitrogen and oxygen atoms in total. The number of anilines is 1. The number of halogens is 5. The van der Waals surface area contributed by atoms with Crippen LogP contribution in [-0.4, -0.2) is 67.2 Å². The van der Waals surface area contributed by atoms with Crippen molar-refractivity contribution in [1.82, 2.24) is 29.1 Å². The first-order valence-corrected chi connectivity index (χ1v) is 13.8. The summed E-state index contributed by atoms with van der Waals surface area (Å²) in [5, 5.41) is 26.7. The molecule has 1 atom stereocenters. The highest BCUT2D eigenvalue weighted by Gasteiger charge is 2.39. The minimum Gasteiger partial charge on any atom is -0.382 e. The van der Waals surface area contributed by atoms with Gasteiger partial charge in [0.05, 0.1) is 23.0 Å². The Hall–Kier alpha value is -3.44. The Bertz CT molecular complexity index is 1670. The SMILES string of the molecule is NS(=O)(=O)CCNc1nc(Cn2nc(-c3ccc(Cl)cc3)n(CC(O)C(F)(F)F)c2=O)nn1-c1ccccc1Cl. The monoisotopic (exact) mass is 620 g/mol. The molecule has 0 amide bonds. The molecule has 0 saturated heterocycles. The minimum atomic E-state index is -4.98. The first-order valence-electron chi connectivity index (χ1n) is 11.4. The predicted molar refractivity (Wildman–Crippen MR) is 141 cm³/mol. The summed E-state index contributed by atoms with van der Waals surface area (Å²) in [4.78, 5) is 17.5. The molecule has 2 heterocycles. The number of rotatable bonds is 10. The topological polar surface area (TPSA) is 163 Å². The van der Waals surface area contributed by atoms with Gasteiger partial charge < -0.3 is 10.4 Å². The Morgan fingerprint density at radius 2 is 1.75 bits per heavy atom. The average Bonchev–Trinajstić information content (AvgIpc) is 3.39. The van der Waals surface area contributed by atoms with E-state index in [1.54, 1.807) is 24.3 Å². The summed E-state index contributed by atoms with van der Waals surface area (Å²) in [6.45, 7) is -1.63. The number of alkyl halides is 3. The number of nitrogens with one attached hydrogen (secondary N) is 1. The van der Waals surface area contributed by atoms with Crippen LogP contribution in [0.2, 0.25) is 10.0 Å². The molecule has 2 aromatic carbocycles. The smallest absolute Gasteiger partial charge is 0.382 e. The van der Waals surface area contributed by atoms with Gasteiger partial charge in [0.25, 0.3) is 0 Å². The number of primary sulfonamides is 1. The molecule has 214 valence electrons. The summed E-state index contributed by atoms with van der Waals surface area (Å²) < 4.78 is 64.9. The highest BCUT2D eigenvalue weighted by atomic mass is 35.5. The fourth-order valence-electron chi connectivity index (χ4n) is 3.56. The summed E-state index contributed by atoms with van der Waals surface area (Å²) >= 11 is 12.2. The van der Waals surface area contributed by atoms with Crippen molar-refractivity contribution in [1.29, 1.82) is 0 Å². The van der Waals surface area contributed by atoms with Crippen LogP contribution in [0.4, 0.5) is 19.1 Å². The van der Waals surface area contributed by atoms with Crippen molar-refractivity contribution in [3.05, 3.63) is 74.9 Å². The van der Waals surface area contributed by atoms with Crippen molar-refractivity contribution in [3.63, 3.8) is 0 Å². The number of hydrogen-bond acceptors (Lipinski definition) is 8. The molecule has 4 aromatic rings. The van der Waals surface area contributed by atoms with Gasteiger partial charge in [-0.2, -0.15) is 22.8 Å². The standard InChI is InChI=1S/C22H21Cl2F3N8O4S/c23-14-7-5-13(6-8-14)19-32-34(21(37)33(19)11-17(36)22(25,26)27)12-18-30-20(29-9-10-40(28,38)39)35(31-18)16-4-2-1-3-15(16)24/h1-8,17,36H,9-12H2,(H2,28,38,39)(H,29,30,31). The lowest BCUT2D eigenvalue weighted by Gasteiger charge is -2.15. The number of nitrogens with two attached hydrogens (primary N) is 1. The predicted octanol–water partition coefficient (Wildman–Crippen LogP) is 2.27. The normalized spacial score (nSPS) is 13.0.